The first-order valence-corrected chi connectivity index (χ1v) is 12.9. The second-order valence-corrected chi connectivity index (χ2v) is 10.2. The normalized spacial score (nSPS) is 45.7. The first-order valence-electron chi connectivity index (χ1n) is 12.9. The van der Waals surface area contributed by atoms with Gasteiger partial charge in [0.15, 0.2) is 12.6 Å². The molecule has 0 aromatic heterocycles. The number of aliphatic hydroxyl groups is 7. The van der Waals surface area contributed by atoms with E-state index in [1.807, 2.05) is 0 Å². The van der Waals surface area contributed by atoms with Crippen LogP contribution in [-0.2, 0) is 23.7 Å². The Morgan fingerprint density at radius 3 is 2.15 bits per heavy atom. The molecule has 0 bridgehead atoms. The third-order valence-electron chi connectivity index (χ3n) is 7.33. The Balaban J connectivity index is 1.84. The summed E-state index contributed by atoms with van der Waals surface area (Å²) in [4.78, 5) is 12.4. The van der Waals surface area contributed by atoms with Gasteiger partial charge in [-0.15, -0.1) is 0 Å². The molecule has 3 aliphatic rings. The van der Waals surface area contributed by atoms with Crippen molar-refractivity contribution < 1.29 is 59.5 Å². The minimum Gasteiger partial charge on any atom is -0.394 e. The van der Waals surface area contributed by atoms with Crippen LogP contribution in [0.2, 0.25) is 0 Å². The lowest BCUT2D eigenvalue weighted by Crippen LogP contribution is -2.69. The van der Waals surface area contributed by atoms with E-state index in [4.69, 9.17) is 36.1 Å². The van der Waals surface area contributed by atoms with Crippen molar-refractivity contribution in [3.63, 3.8) is 0 Å². The molecule has 1 saturated carbocycles. The molecule has 2 heterocycles. The minimum absolute atomic E-state index is 0.0201. The van der Waals surface area contributed by atoms with Crippen molar-refractivity contribution in [1.29, 1.82) is 0 Å². The van der Waals surface area contributed by atoms with Crippen LogP contribution in [0.5, 0.6) is 0 Å². The molecule has 17 heteroatoms. The van der Waals surface area contributed by atoms with E-state index in [0.717, 1.165) is 0 Å². The van der Waals surface area contributed by atoms with Gasteiger partial charge in [-0.25, -0.2) is 0 Å². The van der Waals surface area contributed by atoms with E-state index in [0.29, 0.717) is 0 Å². The standard InChI is InChI=1S/C22H43N5O12/c1-26-5-10-14(31)16(33)12(25)21(36-10)38-18-7(24)4-8(27-20(35)9(29)2-3-23)13(30)19(18)39-22-17(34)15(32)11(6-28)37-22/h7-19,21-22,26,28-34H,2-6,23-25H2,1H3,(H,27,35)/t7-,8+,9+,10-,11-,12-,13+,14+,15+,16-,17-,18-,19+,21-,22+/m1/s1. The lowest BCUT2D eigenvalue weighted by atomic mass is 9.83. The van der Waals surface area contributed by atoms with Crippen LogP contribution in [-0.4, -0.2) is 160 Å². The summed E-state index contributed by atoms with van der Waals surface area (Å²) >= 11 is 0. The highest BCUT2D eigenvalue weighted by Gasteiger charge is 2.53. The molecule has 2 aliphatic heterocycles. The van der Waals surface area contributed by atoms with Crippen LogP contribution in [0.15, 0.2) is 0 Å². The fourth-order valence-electron chi connectivity index (χ4n) is 5.01. The summed E-state index contributed by atoms with van der Waals surface area (Å²) in [7, 11) is 1.62. The number of carbonyl (C=O) groups excluding carboxylic acids is 1. The number of aliphatic hydroxyl groups excluding tert-OH is 7. The first-order chi connectivity index (χ1) is 18.4. The van der Waals surface area contributed by atoms with Crippen LogP contribution >= 0.6 is 0 Å². The summed E-state index contributed by atoms with van der Waals surface area (Å²) in [6, 6.07) is -3.24. The maximum absolute atomic E-state index is 12.4. The van der Waals surface area contributed by atoms with Gasteiger partial charge >= 0.3 is 0 Å². The number of hydrogen-bond donors (Lipinski definition) is 12. The average molecular weight is 570 g/mol. The van der Waals surface area contributed by atoms with E-state index >= 15 is 0 Å². The molecule has 1 amide bonds. The number of nitrogens with one attached hydrogen (secondary N) is 2. The minimum atomic E-state index is -1.61. The SMILES string of the molecule is CNC[C@H]1O[C@H](O[C@H]2[C@@H](O[C@@H]3O[C@H](CO)[C@H](O)[C@H]3O)[C@@H](O)[C@@H](NC(=O)[C@@H](O)CCN)C[C@H]2N)[C@H](N)[C@@H](O)[C@H]1O. The molecule has 228 valence electrons. The number of rotatable bonds is 11. The maximum atomic E-state index is 12.4. The van der Waals surface area contributed by atoms with Gasteiger partial charge in [-0.05, 0) is 26.4 Å². The smallest absolute Gasteiger partial charge is 0.249 e. The highest BCUT2D eigenvalue weighted by atomic mass is 16.7. The van der Waals surface area contributed by atoms with E-state index in [9.17, 15) is 40.5 Å². The summed E-state index contributed by atoms with van der Waals surface area (Å²) in [5, 5.41) is 77.3. The molecule has 17 nitrogen and oxygen atoms in total. The summed E-state index contributed by atoms with van der Waals surface area (Å²) in [6.45, 7) is -0.433. The molecular weight excluding hydrogens is 526 g/mol. The van der Waals surface area contributed by atoms with Crippen molar-refractivity contribution in [2.45, 2.75) is 105 Å². The van der Waals surface area contributed by atoms with Gasteiger partial charge in [-0.2, -0.15) is 0 Å². The molecule has 0 spiro atoms. The molecule has 0 radical (unpaired) electrons. The topological polar surface area (TPSA) is 298 Å². The Hall–Kier alpha value is -1.13. The Bertz CT molecular complexity index is 788. The third kappa shape index (κ3) is 7.21. The predicted molar refractivity (Wildman–Crippen MR) is 130 cm³/mol. The highest BCUT2D eigenvalue weighted by Crippen LogP contribution is 2.32. The molecule has 1 aliphatic carbocycles. The molecule has 2 saturated heterocycles. The van der Waals surface area contributed by atoms with Crippen LogP contribution in [0.1, 0.15) is 12.8 Å². The lowest BCUT2D eigenvalue weighted by molar-refractivity contribution is -0.307. The fourth-order valence-corrected chi connectivity index (χ4v) is 5.01. The Kier molecular flexibility index (Phi) is 11.8. The second kappa shape index (κ2) is 14.2. The third-order valence-corrected chi connectivity index (χ3v) is 7.33. The zero-order valence-corrected chi connectivity index (χ0v) is 21.6. The molecule has 0 aromatic rings. The van der Waals surface area contributed by atoms with E-state index in [2.05, 4.69) is 10.6 Å². The zero-order chi connectivity index (χ0) is 29.0. The summed E-state index contributed by atoms with van der Waals surface area (Å²) in [5.41, 5.74) is 17.8. The summed E-state index contributed by atoms with van der Waals surface area (Å²) < 4.78 is 23.0. The van der Waals surface area contributed by atoms with Crippen molar-refractivity contribution in [2.24, 2.45) is 17.2 Å². The number of ether oxygens (including phenoxy) is 4. The summed E-state index contributed by atoms with van der Waals surface area (Å²) in [5.74, 6) is -0.799. The van der Waals surface area contributed by atoms with Crippen LogP contribution in [0.4, 0.5) is 0 Å². The number of likely N-dealkylation sites (N-methyl/N-ethyl adjacent to an activating group) is 1. The van der Waals surface area contributed by atoms with Gasteiger partial charge in [-0.1, -0.05) is 0 Å². The molecular formula is C22H43N5O12. The van der Waals surface area contributed by atoms with E-state index in [-0.39, 0.29) is 25.9 Å². The van der Waals surface area contributed by atoms with Crippen molar-refractivity contribution in [2.75, 3.05) is 26.7 Å². The Morgan fingerprint density at radius 1 is 0.949 bits per heavy atom. The van der Waals surface area contributed by atoms with Crippen molar-refractivity contribution >= 4 is 5.91 Å². The molecule has 15 atom stereocenters. The average Bonchev–Trinajstić information content (AvgIpc) is 3.18. The Morgan fingerprint density at radius 2 is 1.56 bits per heavy atom. The van der Waals surface area contributed by atoms with Crippen molar-refractivity contribution in [3.05, 3.63) is 0 Å². The van der Waals surface area contributed by atoms with Gasteiger partial charge in [0, 0.05) is 12.6 Å². The van der Waals surface area contributed by atoms with Gasteiger partial charge < -0.3 is 82.5 Å². The van der Waals surface area contributed by atoms with Gasteiger partial charge in [-0.3, -0.25) is 4.79 Å². The van der Waals surface area contributed by atoms with E-state index in [1.165, 1.54) is 0 Å². The van der Waals surface area contributed by atoms with E-state index < -0.39 is 104 Å². The van der Waals surface area contributed by atoms with Crippen LogP contribution in [0.25, 0.3) is 0 Å². The quantitative estimate of drug-likeness (QED) is 0.110. The number of hydrogen-bond acceptors (Lipinski definition) is 16. The van der Waals surface area contributed by atoms with E-state index in [1.54, 1.807) is 7.05 Å². The lowest BCUT2D eigenvalue weighted by Gasteiger charge is -2.48. The van der Waals surface area contributed by atoms with Gasteiger partial charge in [0.25, 0.3) is 0 Å². The second-order valence-electron chi connectivity index (χ2n) is 10.2. The monoisotopic (exact) mass is 569 g/mol. The van der Waals surface area contributed by atoms with Crippen LogP contribution in [0.3, 0.4) is 0 Å². The molecule has 15 N–H and O–H groups in total. The van der Waals surface area contributed by atoms with Crippen molar-refractivity contribution in [1.82, 2.24) is 10.6 Å². The highest BCUT2D eigenvalue weighted by molar-refractivity contribution is 5.80. The van der Waals surface area contributed by atoms with Crippen LogP contribution in [0, 0.1) is 0 Å². The van der Waals surface area contributed by atoms with Gasteiger partial charge in [0.05, 0.1) is 18.7 Å². The number of amides is 1. The molecule has 3 rings (SSSR count). The largest absolute Gasteiger partial charge is 0.394 e. The molecule has 39 heavy (non-hydrogen) atoms. The van der Waals surface area contributed by atoms with Gasteiger partial charge in [0.2, 0.25) is 5.91 Å². The van der Waals surface area contributed by atoms with Crippen LogP contribution < -0.4 is 27.8 Å². The fraction of sp³-hybridized carbons (Fsp3) is 0.955. The van der Waals surface area contributed by atoms with Gasteiger partial charge in [0.1, 0.15) is 61.0 Å². The summed E-state index contributed by atoms with van der Waals surface area (Å²) in [6.07, 6.45) is -16.5. The number of nitrogens with two attached hydrogens (primary N) is 3. The molecule has 0 unspecified atom stereocenters. The maximum Gasteiger partial charge on any atom is 0.249 e. The molecule has 0 aromatic carbocycles. The molecule has 3 fully saturated rings. The van der Waals surface area contributed by atoms with Crippen molar-refractivity contribution in [3.8, 4) is 0 Å². The number of carbonyl (C=O) groups is 1. The first kappa shape index (κ1) is 32.4. The predicted octanol–water partition coefficient (Wildman–Crippen LogP) is -7.52. The Labute approximate surface area is 225 Å². The zero-order valence-electron chi connectivity index (χ0n) is 21.6.